The molecule has 3 rings (SSSR count). The Kier molecular flexibility index (Phi) is 6.48. The van der Waals surface area contributed by atoms with Crippen molar-refractivity contribution >= 4 is 11.8 Å². The molecule has 0 bridgehead atoms. The second-order valence-electron chi connectivity index (χ2n) is 7.59. The van der Waals surface area contributed by atoms with Crippen molar-refractivity contribution in [1.82, 2.24) is 10.2 Å². The molecule has 140 valence electrons. The quantitative estimate of drug-likeness (QED) is 0.817. The van der Waals surface area contributed by atoms with Gasteiger partial charge < -0.3 is 10.2 Å². The van der Waals surface area contributed by atoms with Gasteiger partial charge in [-0.3, -0.25) is 9.59 Å². The van der Waals surface area contributed by atoms with E-state index < -0.39 is 0 Å². The molecule has 1 saturated heterocycles. The zero-order chi connectivity index (χ0) is 18.4. The van der Waals surface area contributed by atoms with Crippen molar-refractivity contribution in [3.05, 3.63) is 47.0 Å². The van der Waals surface area contributed by atoms with Crippen LogP contribution in [0.1, 0.15) is 60.9 Å². The summed E-state index contributed by atoms with van der Waals surface area (Å²) in [5.41, 5.74) is 3.34. The van der Waals surface area contributed by atoms with Crippen molar-refractivity contribution in [2.75, 3.05) is 19.6 Å². The molecule has 2 amide bonds. The van der Waals surface area contributed by atoms with Crippen molar-refractivity contribution in [1.29, 1.82) is 0 Å². The van der Waals surface area contributed by atoms with Gasteiger partial charge in [-0.05, 0) is 64.0 Å². The van der Waals surface area contributed by atoms with Crippen LogP contribution in [-0.4, -0.2) is 36.3 Å². The number of rotatable bonds is 5. The van der Waals surface area contributed by atoms with Crippen LogP contribution in [0.4, 0.5) is 0 Å². The molecule has 2 aliphatic rings. The summed E-state index contributed by atoms with van der Waals surface area (Å²) in [5.74, 6) is 0.276. The SMILES string of the molecule is Cc1cccc(C(=O)N2CCC(C(=O)NCCC3=CCCCC3)CC2)c1. The van der Waals surface area contributed by atoms with Gasteiger partial charge in [-0.15, -0.1) is 0 Å². The van der Waals surface area contributed by atoms with Gasteiger partial charge in [0.2, 0.25) is 5.91 Å². The number of amides is 2. The molecule has 0 radical (unpaired) electrons. The van der Waals surface area contributed by atoms with Crippen molar-refractivity contribution in [2.24, 2.45) is 5.92 Å². The second-order valence-corrected chi connectivity index (χ2v) is 7.59. The van der Waals surface area contributed by atoms with Crippen LogP contribution in [0.5, 0.6) is 0 Å². The standard InChI is InChI=1S/C22H30N2O2/c1-17-6-5-9-20(16-17)22(26)24-14-11-19(12-15-24)21(25)23-13-10-18-7-3-2-4-8-18/h5-7,9,16,19H,2-4,8,10-15H2,1H3,(H,23,25). The maximum absolute atomic E-state index is 12.6. The minimum atomic E-state index is 0.0388. The summed E-state index contributed by atoms with van der Waals surface area (Å²) in [4.78, 5) is 26.9. The molecule has 1 aliphatic heterocycles. The first kappa shape index (κ1) is 18.7. The summed E-state index contributed by atoms with van der Waals surface area (Å²) in [6.45, 7) is 4.07. The molecule has 1 fully saturated rings. The van der Waals surface area contributed by atoms with Gasteiger partial charge in [0.15, 0.2) is 0 Å². The van der Waals surface area contributed by atoms with Gasteiger partial charge >= 0.3 is 0 Å². The van der Waals surface area contributed by atoms with Gasteiger partial charge in [-0.25, -0.2) is 0 Å². The van der Waals surface area contributed by atoms with Crippen LogP contribution in [0.15, 0.2) is 35.9 Å². The number of nitrogens with one attached hydrogen (secondary N) is 1. The van der Waals surface area contributed by atoms with Gasteiger partial charge in [0.05, 0.1) is 0 Å². The summed E-state index contributed by atoms with van der Waals surface area (Å²) < 4.78 is 0. The lowest BCUT2D eigenvalue weighted by Gasteiger charge is -2.31. The van der Waals surface area contributed by atoms with E-state index in [0.717, 1.165) is 36.9 Å². The first-order valence-electron chi connectivity index (χ1n) is 9.95. The highest BCUT2D eigenvalue weighted by molar-refractivity contribution is 5.94. The predicted octanol–water partition coefficient (Wildman–Crippen LogP) is 3.85. The Labute approximate surface area is 156 Å². The Morgan fingerprint density at radius 3 is 2.69 bits per heavy atom. The van der Waals surface area contributed by atoms with Crippen LogP contribution < -0.4 is 5.32 Å². The molecule has 0 unspecified atom stereocenters. The van der Waals surface area contributed by atoms with E-state index >= 15 is 0 Å². The third kappa shape index (κ3) is 4.96. The Bertz CT molecular complexity index is 672. The summed E-state index contributed by atoms with van der Waals surface area (Å²) in [6, 6.07) is 7.72. The molecule has 1 aromatic carbocycles. The Morgan fingerprint density at radius 2 is 2.00 bits per heavy atom. The maximum atomic E-state index is 12.6. The molecule has 0 atom stereocenters. The fourth-order valence-electron chi connectivity index (χ4n) is 3.93. The molecule has 1 aromatic rings. The van der Waals surface area contributed by atoms with Crippen molar-refractivity contribution in [2.45, 2.75) is 51.9 Å². The number of piperidine rings is 1. The highest BCUT2D eigenvalue weighted by Crippen LogP contribution is 2.21. The fraction of sp³-hybridized carbons (Fsp3) is 0.545. The van der Waals surface area contributed by atoms with E-state index in [2.05, 4.69) is 11.4 Å². The number of hydrogen-bond acceptors (Lipinski definition) is 2. The van der Waals surface area contributed by atoms with Gasteiger partial charge in [-0.2, -0.15) is 0 Å². The molecule has 4 nitrogen and oxygen atoms in total. The zero-order valence-corrected chi connectivity index (χ0v) is 15.8. The molecule has 1 aliphatic carbocycles. The summed E-state index contributed by atoms with van der Waals surface area (Å²) in [5, 5.41) is 3.10. The molecule has 26 heavy (non-hydrogen) atoms. The lowest BCUT2D eigenvalue weighted by molar-refractivity contribution is -0.126. The van der Waals surface area contributed by atoms with Gasteiger partial charge in [0, 0.05) is 31.1 Å². The average molecular weight is 354 g/mol. The maximum Gasteiger partial charge on any atom is 0.253 e. The number of carbonyl (C=O) groups is 2. The van der Waals surface area contributed by atoms with E-state index in [-0.39, 0.29) is 17.7 Å². The molecule has 1 heterocycles. The molecular formula is C22H30N2O2. The number of nitrogens with zero attached hydrogens (tertiary/aromatic N) is 1. The highest BCUT2D eigenvalue weighted by atomic mass is 16.2. The van der Waals surface area contributed by atoms with Crippen molar-refractivity contribution < 1.29 is 9.59 Å². The van der Waals surface area contributed by atoms with E-state index in [1.54, 1.807) is 0 Å². The van der Waals surface area contributed by atoms with E-state index in [1.165, 1.54) is 31.3 Å². The van der Waals surface area contributed by atoms with E-state index in [0.29, 0.717) is 13.1 Å². The van der Waals surface area contributed by atoms with Crippen molar-refractivity contribution in [3.8, 4) is 0 Å². The normalized spacial score (nSPS) is 18.3. The summed E-state index contributed by atoms with van der Waals surface area (Å²) in [6.07, 6.45) is 9.80. The first-order valence-corrected chi connectivity index (χ1v) is 9.95. The van der Waals surface area contributed by atoms with Crippen LogP contribution in [0.25, 0.3) is 0 Å². The van der Waals surface area contributed by atoms with Crippen LogP contribution >= 0.6 is 0 Å². The molecule has 1 N–H and O–H groups in total. The third-order valence-electron chi connectivity index (χ3n) is 5.55. The van der Waals surface area contributed by atoms with E-state index in [4.69, 9.17) is 0 Å². The van der Waals surface area contributed by atoms with E-state index in [9.17, 15) is 9.59 Å². The van der Waals surface area contributed by atoms with Crippen molar-refractivity contribution in [3.63, 3.8) is 0 Å². The van der Waals surface area contributed by atoms with E-state index in [1.807, 2.05) is 36.1 Å². The summed E-state index contributed by atoms with van der Waals surface area (Å²) in [7, 11) is 0. The van der Waals surface area contributed by atoms with Gasteiger partial charge in [-0.1, -0.05) is 29.3 Å². The number of allylic oxidation sites excluding steroid dienone is 1. The predicted molar refractivity (Wildman–Crippen MR) is 104 cm³/mol. The number of aryl methyl sites for hydroxylation is 1. The Hall–Kier alpha value is -2.10. The fourth-order valence-corrected chi connectivity index (χ4v) is 3.93. The zero-order valence-electron chi connectivity index (χ0n) is 15.8. The molecule has 0 saturated carbocycles. The first-order chi connectivity index (χ1) is 12.6. The molecular weight excluding hydrogens is 324 g/mol. The smallest absolute Gasteiger partial charge is 0.253 e. The van der Waals surface area contributed by atoms with Gasteiger partial charge in [0.25, 0.3) is 5.91 Å². The molecule has 4 heteroatoms. The van der Waals surface area contributed by atoms with Crippen LogP contribution in [0.2, 0.25) is 0 Å². The minimum absolute atomic E-state index is 0.0388. The number of likely N-dealkylation sites (tertiary alicyclic amines) is 1. The monoisotopic (exact) mass is 354 g/mol. The number of carbonyl (C=O) groups excluding carboxylic acids is 2. The van der Waals surface area contributed by atoms with Crippen LogP contribution in [-0.2, 0) is 4.79 Å². The minimum Gasteiger partial charge on any atom is -0.356 e. The number of benzene rings is 1. The topological polar surface area (TPSA) is 49.4 Å². The second kappa shape index (κ2) is 9.02. The summed E-state index contributed by atoms with van der Waals surface area (Å²) >= 11 is 0. The lowest BCUT2D eigenvalue weighted by atomic mass is 9.94. The Morgan fingerprint density at radius 1 is 1.19 bits per heavy atom. The average Bonchev–Trinajstić information content (AvgIpc) is 2.68. The van der Waals surface area contributed by atoms with Crippen LogP contribution in [0, 0.1) is 12.8 Å². The third-order valence-corrected chi connectivity index (χ3v) is 5.55. The molecule has 0 spiro atoms. The highest BCUT2D eigenvalue weighted by Gasteiger charge is 2.27. The Balaban J connectivity index is 1.42. The van der Waals surface area contributed by atoms with Crippen LogP contribution in [0.3, 0.4) is 0 Å². The molecule has 0 aromatic heterocycles. The lowest BCUT2D eigenvalue weighted by Crippen LogP contribution is -2.43. The number of hydrogen-bond donors (Lipinski definition) is 1. The largest absolute Gasteiger partial charge is 0.356 e. The van der Waals surface area contributed by atoms with Gasteiger partial charge in [0.1, 0.15) is 0 Å².